The lowest BCUT2D eigenvalue weighted by Gasteiger charge is -2.06. The average molecular weight is 334 g/mol. The second-order valence-electron chi connectivity index (χ2n) is 5.74. The number of hydrogen-bond donors (Lipinski definition) is 1. The minimum Gasteiger partial charge on any atom is -0.361 e. The van der Waals surface area contributed by atoms with Crippen LogP contribution in [0.3, 0.4) is 0 Å². The van der Waals surface area contributed by atoms with Crippen LogP contribution in [0.25, 0.3) is 0 Å². The van der Waals surface area contributed by atoms with Crippen molar-refractivity contribution in [3.05, 3.63) is 47.3 Å². The molecule has 0 saturated heterocycles. The Labute approximate surface area is 134 Å². The van der Waals surface area contributed by atoms with Gasteiger partial charge in [-0.2, -0.15) is 0 Å². The fourth-order valence-corrected chi connectivity index (χ4v) is 3.34. The van der Waals surface area contributed by atoms with Gasteiger partial charge >= 0.3 is 0 Å². The summed E-state index contributed by atoms with van der Waals surface area (Å²) in [6.45, 7) is 2.02. The lowest BCUT2D eigenvalue weighted by atomic mass is 10.1. The summed E-state index contributed by atoms with van der Waals surface area (Å²) in [7, 11) is -3.59. The predicted octanol–water partition coefficient (Wildman–Crippen LogP) is 2.10. The third-order valence-corrected chi connectivity index (χ3v) is 5.22. The summed E-state index contributed by atoms with van der Waals surface area (Å²) in [6.07, 6.45) is 2.32. The van der Waals surface area contributed by atoms with Crippen LogP contribution >= 0.6 is 0 Å². The van der Waals surface area contributed by atoms with Crippen molar-refractivity contribution in [1.29, 1.82) is 0 Å². The summed E-state index contributed by atoms with van der Waals surface area (Å²) in [4.78, 5) is 12.1. The number of aromatic nitrogens is 1. The van der Waals surface area contributed by atoms with Crippen LogP contribution in [-0.4, -0.2) is 25.9 Å². The zero-order chi connectivity index (χ0) is 16.4. The molecule has 0 aliphatic heterocycles. The summed E-state index contributed by atoms with van der Waals surface area (Å²) >= 11 is 0. The van der Waals surface area contributed by atoms with Crippen LogP contribution in [0.1, 0.15) is 34.7 Å². The molecule has 1 heterocycles. The molecule has 1 aromatic heterocycles. The number of sulfonamides is 1. The molecule has 122 valence electrons. The predicted molar refractivity (Wildman–Crippen MR) is 83.6 cm³/mol. The van der Waals surface area contributed by atoms with Gasteiger partial charge in [-0.05, 0) is 31.9 Å². The number of carbonyl (C=O) groups is 1. The Bertz CT molecular complexity index is 805. The maximum atomic E-state index is 12.2. The Morgan fingerprint density at radius 1 is 1.30 bits per heavy atom. The summed E-state index contributed by atoms with van der Waals surface area (Å²) < 4.78 is 31.9. The second kappa shape index (κ2) is 6.25. The van der Waals surface area contributed by atoms with Gasteiger partial charge < -0.3 is 4.52 Å². The normalized spacial score (nSPS) is 14.8. The molecule has 0 amide bonds. The number of nitrogens with zero attached hydrogens (tertiary/aromatic N) is 1. The van der Waals surface area contributed by atoms with Gasteiger partial charge in [0, 0.05) is 30.5 Å². The molecule has 1 saturated carbocycles. The molecule has 6 nitrogen and oxygen atoms in total. The third-order valence-electron chi connectivity index (χ3n) is 3.75. The third kappa shape index (κ3) is 3.86. The van der Waals surface area contributed by atoms with Crippen LogP contribution in [0.15, 0.2) is 39.8 Å². The number of aryl methyl sites for hydroxylation is 1. The smallest absolute Gasteiger partial charge is 0.240 e. The number of nitrogens with one attached hydrogen (secondary N) is 1. The summed E-state index contributed by atoms with van der Waals surface area (Å²) in [5.74, 6) is 0.920. The highest BCUT2D eigenvalue weighted by Crippen LogP contribution is 2.32. The van der Waals surface area contributed by atoms with Crippen molar-refractivity contribution < 1.29 is 17.7 Å². The summed E-state index contributed by atoms with van der Waals surface area (Å²) in [5, 5.41) is 3.81. The fourth-order valence-electron chi connectivity index (χ4n) is 2.31. The van der Waals surface area contributed by atoms with Crippen LogP contribution in [0.5, 0.6) is 0 Å². The lowest BCUT2D eigenvalue weighted by Crippen LogP contribution is -2.26. The average Bonchev–Trinajstić information content (AvgIpc) is 3.30. The molecule has 0 unspecified atom stereocenters. The molecule has 0 atom stereocenters. The standard InChI is InChI=1S/C16H18N2O4S/c1-11-10-14(18-22-11)8-9-17-23(20,21)15-6-4-13(5-7-15)16(19)12-2-3-12/h4-7,10,12,17H,2-3,8-9H2,1H3. The topological polar surface area (TPSA) is 89.3 Å². The van der Waals surface area contributed by atoms with Gasteiger partial charge in [-0.3, -0.25) is 4.79 Å². The van der Waals surface area contributed by atoms with E-state index < -0.39 is 10.0 Å². The highest BCUT2D eigenvalue weighted by atomic mass is 32.2. The molecule has 1 aliphatic rings. The minimum absolute atomic E-state index is 0.100. The minimum atomic E-state index is -3.59. The van der Waals surface area contributed by atoms with Crippen molar-refractivity contribution >= 4 is 15.8 Å². The Balaban J connectivity index is 1.61. The molecule has 1 fully saturated rings. The van der Waals surface area contributed by atoms with Gasteiger partial charge in [-0.1, -0.05) is 17.3 Å². The zero-order valence-corrected chi connectivity index (χ0v) is 13.6. The fraction of sp³-hybridized carbons (Fsp3) is 0.375. The quantitative estimate of drug-likeness (QED) is 0.783. The first-order valence-corrected chi connectivity index (χ1v) is 9.00. The van der Waals surface area contributed by atoms with E-state index in [2.05, 4.69) is 9.88 Å². The molecule has 7 heteroatoms. The Hall–Kier alpha value is -1.99. The first-order valence-electron chi connectivity index (χ1n) is 7.52. The van der Waals surface area contributed by atoms with Crippen LogP contribution < -0.4 is 4.72 Å². The maximum absolute atomic E-state index is 12.2. The number of Topliss-reactive ketones (excluding diaryl/α,β-unsaturated/α-hetero) is 1. The van der Waals surface area contributed by atoms with Crippen LogP contribution in [-0.2, 0) is 16.4 Å². The molecular formula is C16H18N2O4S. The van der Waals surface area contributed by atoms with Crippen LogP contribution in [0, 0.1) is 12.8 Å². The van der Waals surface area contributed by atoms with Gasteiger partial charge in [-0.15, -0.1) is 0 Å². The lowest BCUT2D eigenvalue weighted by molar-refractivity contribution is 0.0967. The van der Waals surface area contributed by atoms with Crippen molar-refractivity contribution in [2.75, 3.05) is 6.54 Å². The van der Waals surface area contributed by atoms with Crippen LogP contribution in [0.2, 0.25) is 0 Å². The molecule has 1 aromatic carbocycles. The monoisotopic (exact) mass is 334 g/mol. The molecule has 0 spiro atoms. The SMILES string of the molecule is Cc1cc(CCNS(=O)(=O)c2ccc(C(=O)C3CC3)cc2)no1. The molecule has 23 heavy (non-hydrogen) atoms. The van der Waals surface area contributed by atoms with E-state index in [0.717, 1.165) is 12.8 Å². The summed E-state index contributed by atoms with van der Waals surface area (Å²) in [5.41, 5.74) is 1.28. The number of carbonyl (C=O) groups excluding carboxylic acids is 1. The van der Waals surface area contributed by atoms with Crippen molar-refractivity contribution in [3.8, 4) is 0 Å². The van der Waals surface area contributed by atoms with E-state index in [4.69, 9.17) is 4.52 Å². The van der Waals surface area contributed by atoms with Crippen molar-refractivity contribution in [3.63, 3.8) is 0 Å². The number of ketones is 1. The molecule has 2 aromatic rings. The van der Waals surface area contributed by atoms with Crippen molar-refractivity contribution in [2.45, 2.75) is 31.1 Å². The van der Waals surface area contributed by atoms with E-state index in [-0.39, 0.29) is 23.1 Å². The van der Waals surface area contributed by atoms with Gasteiger partial charge in [0.05, 0.1) is 10.6 Å². The number of hydrogen-bond acceptors (Lipinski definition) is 5. The zero-order valence-electron chi connectivity index (χ0n) is 12.8. The Kier molecular flexibility index (Phi) is 4.32. The number of rotatable bonds is 7. The van der Waals surface area contributed by atoms with Gasteiger partial charge in [-0.25, -0.2) is 13.1 Å². The first-order chi connectivity index (χ1) is 11.0. The van der Waals surface area contributed by atoms with E-state index in [0.29, 0.717) is 23.4 Å². The second-order valence-corrected chi connectivity index (χ2v) is 7.51. The van der Waals surface area contributed by atoms with E-state index in [9.17, 15) is 13.2 Å². The van der Waals surface area contributed by atoms with E-state index in [1.165, 1.54) is 12.1 Å². The van der Waals surface area contributed by atoms with Crippen LogP contribution in [0.4, 0.5) is 0 Å². The Morgan fingerprint density at radius 2 is 2.00 bits per heavy atom. The molecule has 0 radical (unpaired) electrons. The largest absolute Gasteiger partial charge is 0.361 e. The highest BCUT2D eigenvalue weighted by molar-refractivity contribution is 7.89. The van der Waals surface area contributed by atoms with Crippen molar-refractivity contribution in [2.24, 2.45) is 5.92 Å². The molecular weight excluding hydrogens is 316 g/mol. The van der Waals surface area contributed by atoms with Gasteiger partial charge in [0.25, 0.3) is 0 Å². The molecule has 1 N–H and O–H groups in total. The van der Waals surface area contributed by atoms with Gasteiger partial charge in [0.1, 0.15) is 5.76 Å². The maximum Gasteiger partial charge on any atom is 0.240 e. The van der Waals surface area contributed by atoms with E-state index in [1.807, 2.05) is 0 Å². The number of benzene rings is 1. The van der Waals surface area contributed by atoms with E-state index >= 15 is 0 Å². The van der Waals surface area contributed by atoms with E-state index in [1.54, 1.807) is 25.1 Å². The van der Waals surface area contributed by atoms with Gasteiger partial charge in [0.15, 0.2) is 5.78 Å². The van der Waals surface area contributed by atoms with Crippen molar-refractivity contribution in [1.82, 2.24) is 9.88 Å². The summed E-state index contributed by atoms with van der Waals surface area (Å²) in [6, 6.07) is 7.87. The van der Waals surface area contributed by atoms with Gasteiger partial charge in [0.2, 0.25) is 10.0 Å². The Morgan fingerprint density at radius 3 is 2.57 bits per heavy atom. The molecule has 1 aliphatic carbocycles. The molecule has 3 rings (SSSR count). The first kappa shape index (κ1) is 15.9. The highest BCUT2D eigenvalue weighted by Gasteiger charge is 2.30. The molecule has 0 bridgehead atoms.